The smallest absolute Gasteiger partial charge is 0.349 e. The van der Waals surface area contributed by atoms with E-state index in [1.165, 1.54) is 0 Å². The van der Waals surface area contributed by atoms with Gasteiger partial charge in [0.25, 0.3) is 0 Å². The zero-order valence-electron chi connectivity index (χ0n) is 10.6. The number of H-pyrrole nitrogens is 1. The molecule has 2 atom stereocenters. The Kier molecular flexibility index (Phi) is 4.98. The Morgan fingerprint density at radius 1 is 1.23 bits per heavy atom. The number of hydrogen-bond donors (Lipinski definition) is 7. The normalized spacial score (nSPS) is 16.7. The van der Waals surface area contributed by atoms with Crippen molar-refractivity contribution < 1.29 is 48.5 Å². The molecule has 0 aliphatic rings. The van der Waals surface area contributed by atoms with Crippen LogP contribution in [0.2, 0.25) is 0 Å². The molecule has 1 aromatic rings. The monoisotopic (exact) mass is 358 g/mol. The molecule has 0 aliphatic carbocycles. The van der Waals surface area contributed by atoms with E-state index in [1.54, 1.807) is 0 Å². The van der Waals surface area contributed by atoms with Gasteiger partial charge in [-0.2, -0.15) is 0 Å². The van der Waals surface area contributed by atoms with Gasteiger partial charge in [-0.05, 0) is 0 Å². The molecule has 1 heterocycles. The van der Waals surface area contributed by atoms with Crippen LogP contribution in [-0.4, -0.2) is 57.4 Å². The maximum absolute atomic E-state index is 11.7. The average Bonchev–Trinajstić information content (AvgIpc) is 2.78. The third-order valence-corrected chi connectivity index (χ3v) is 5.77. The minimum Gasteiger partial charge on any atom is -0.481 e. The minimum absolute atomic E-state index is 0.743. The summed E-state index contributed by atoms with van der Waals surface area (Å²) >= 11 is 0. The topological polar surface area (TPSA) is 218 Å². The Morgan fingerprint density at radius 2 is 1.77 bits per heavy atom. The molecule has 22 heavy (non-hydrogen) atoms. The Balaban J connectivity index is 3.59. The molecule has 7 N–H and O–H groups in total. The van der Waals surface area contributed by atoms with E-state index in [2.05, 4.69) is 9.97 Å². The van der Waals surface area contributed by atoms with Gasteiger partial charge in [-0.3, -0.25) is 18.7 Å². The average molecular weight is 358 g/mol. The zero-order valence-corrected chi connectivity index (χ0v) is 12.4. The van der Waals surface area contributed by atoms with Gasteiger partial charge in [-0.1, -0.05) is 0 Å². The van der Waals surface area contributed by atoms with Crippen molar-refractivity contribution in [2.45, 2.75) is 17.2 Å². The number of rotatable bonds is 7. The summed E-state index contributed by atoms with van der Waals surface area (Å²) < 4.78 is 22.9. The second-order valence-electron chi connectivity index (χ2n) is 4.31. The number of nitrogens with zero attached hydrogens (tertiary/aromatic N) is 1. The van der Waals surface area contributed by atoms with Crippen LogP contribution in [0.15, 0.2) is 12.5 Å². The lowest BCUT2D eigenvalue weighted by molar-refractivity contribution is -0.142. The number of hydrogen-bond acceptors (Lipinski definition) is 5. The Hall–Kier alpha value is -1.55. The van der Waals surface area contributed by atoms with Crippen LogP contribution in [0.3, 0.4) is 0 Å². The fraction of sp³-hybridized carbons (Fsp3) is 0.375. The highest BCUT2D eigenvalue weighted by Crippen LogP contribution is 2.62. The predicted molar refractivity (Wildman–Crippen MR) is 68.0 cm³/mol. The summed E-state index contributed by atoms with van der Waals surface area (Å²) in [6.45, 7) is 0. The number of carbonyl (C=O) groups is 2. The van der Waals surface area contributed by atoms with E-state index in [4.69, 9.17) is 14.9 Å². The van der Waals surface area contributed by atoms with Gasteiger partial charge in [-0.15, -0.1) is 0 Å². The summed E-state index contributed by atoms with van der Waals surface area (Å²) in [6.07, 6.45) is 0.138. The third kappa shape index (κ3) is 3.27. The number of imidazole rings is 1. The Morgan fingerprint density at radius 3 is 2.05 bits per heavy atom. The molecule has 0 aliphatic heterocycles. The van der Waals surface area contributed by atoms with Crippen LogP contribution in [0.4, 0.5) is 0 Å². The molecule has 2 unspecified atom stereocenters. The minimum atomic E-state index is -5.60. The van der Waals surface area contributed by atoms with Crippen LogP contribution in [0.1, 0.15) is 12.1 Å². The Bertz CT molecular complexity index is 660. The highest BCUT2D eigenvalue weighted by molar-refractivity contribution is 7.55. The Labute approximate surface area is 122 Å². The molecule has 12 nitrogen and oxygen atoms in total. The van der Waals surface area contributed by atoms with E-state index in [0.717, 1.165) is 12.5 Å². The molecule has 1 rings (SSSR count). The van der Waals surface area contributed by atoms with Crippen LogP contribution in [0.5, 0.6) is 0 Å². The van der Waals surface area contributed by atoms with Crippen molar-refractivity contribution in [2.24, 2.45) is 0 Å². The molecular weight excluding hydrogens is 346 g/mol. The number of carboxylic acids is 2. The molecule has 0 spiro atoms. The quantitative estimate of drug-likeness (QED) is 0.290. The van der Waals surface area contributed by atoms with Crippen molar-refractivity contribution in [2.75, 3.05) is 0 Å². The summed E-state index contributed by atoms with van der Waals surface area (Å²) in [6, 6.07) is 0. The molecule has 0 saturated carbocycles. The molecule has 124 valence electrons. The molecule has 1 aromatic heterocycles. The van der Waals surface area contributed by atoms with Gasteiger partial charge in [0.1, 0.15) is 0 Å². The number of nitrogens with one attached hydrogen (secondary N) is 1. The van der Waals surface area contributed by atoms with Gasteiger partial charge in [-0.25, -0.2) is 4.98 Å². The summed E-state index contributed by atoms with van der Waals surface area (Å²) in [7, 11) is -11.0. The van der Waals surface area contributed by atoms with Crippen LogP contribution < -0.4 is 0 Å². The van der Waals surface area contributed by atoms with E-state index in [-0.39, 0.29) is 0 Å². The van der Waals surface area contributed by atoms with Crippen LogP contribution in [0.25, 0.3) is 0 Å². The zero-order chi connectivity index (χ0) is 17.3. The molecular formula is C8H12N2O10P2. The number of aromatic nitrogens is 2. The fourth-order valence-corrected chi connectivity index (χ4v) is 3.84. The lowest BCUT2D eigenvalue weighted by atomic mass is 9.98. The second kappa shape index (κ2) is 5.92. The molecule has 0 fully saturated rings. The maximum atomic E-state index is 11.7. The fourth-order valence-electron chi connectivity index (χ4n) is 1.81. The van der Waals surface area contributed by atoms with Crippen molar-refractivity contribution in [3.8, 4) is 0 Å². The highest BCUT2D eigenvalue weighted by atomic mass is 31.2. The first kappa shape index (κ1) is 18.5. The van der Waals surface area contributed by atoms with Crippen LogP contribution >= 0.6 is 15.2 Å². The SMILES string of the molecule is O=C(O)C(CC(C(=O)O)(c1c[nH]cn1)P(=O)(O)O)P(=O)(O)O. The lowest BCUT2D eigenvalue weighted by Crippen LogP contribution is -2.41. The second-order valence-corrected chi connectivity index (χ2v) is 7.96. The van der Waals surface area contributed by atoms with Gasteiger partial charge in [0.15, 0.2) is 5.66 Å². The van der Waals surface area contributed by atoms with Crippen molar-refractivity contribution in [1.29, 1.82) is 0 Å². The molecule has 0 radical (unpaired) electrons. The largest absolute Gasteiger partial charge is 0.481 e. The van der Waals surface area contributed by atoms with Crippen LogP contribution in [0, 0.1) is 0 Å². The molecule has 14 heteroatoms. The molecule has 0 aromatic carbocycles. The molecule has 0 saturated heterocycles. The summed E-state index contributed by atoms with van der Waals surface area (Å²) in [4.78, 5) is 64.9. The van der Waals surface area contributed by atoms with Gasteiger partial charge in [0.05, 0.1) is 12.0 Å². The summed E-state index contributed by atoms with van der Waals surface area (Å²) in [5.41, 5.74) is -3.37. The standard InChI is InChI=1S/C8H12N2O10P2/c11-6(12)4(21(15,16)17)1-8(7(13)14,22(18,19)20)5-2-9-3-10-5/h2-4H,1H2,(H,9,10)(H,11,12)(H,13,14)(H2,15,16,17)(H2,18,19,20). The van der Waals surface area contributed by atoms with E-state index in [0.29, 0.717) is 0 Å². The molecule has 0 amide bonds. The number of aliphatic carboxylic acids is 2. The maximum Gasteiger partial charge on any atom is 0.349 e. The summed E-state index contributed by atoms with van der Waals surface area (Å²) in [5, 5.41) is 14.9. The van der Waals surface area contributed by atoms with E-state index < -0.39 is 50.1 Å². The third-order valence-electron chi connectivity index (χ3n) is 2.95. The highest BCUT2D eigenvalue weighted by Gasteiger charge is 2.61. The van der Waals surface area contributed by atoms with E-state index >= 15 is 0 Å². The van der Waals surface area contributed by atoms with Gasteiger partial charge < -0.3 is 34.8 Å². The predicted octanol–water partition coefficient (Wildman–Crippen LogP) is -1.11. The number of carboxylic acid groups (broad SMARTS) is 2. The van der Waals surface area contributed by atoms with Crippen molar-refractivity contribution in [1.82, 2.24) is 9.97 Å². The molecule has 0 bridgehead atoms. The first-order chi connectivity index (χ1) is 9.84. The lowest BCUT2D eigenvalue weighted by Gasteiger charge is -2.30. The van der Waals surface area contributed by atoms with Crippen molar-refractivity contribution in [3.63, 3.8) is 0 Å². The van der Waals surface area contributed by atoms with E-state index in [1.807, 2.05) is 0 Å². The van der Waals surface area contributed by atoms with Gasteiger partial charge in [0.2, 0.25) is 5.16 Å². The van der Waals surface area contributed by atoms with Crippen molar-refractivity contribution in [3.05, 3.63) is 18.2 Å². The summed E-state index contributed by atoms with van der Waals surface area (Å²) in [5.74, 6) is -4.25. The number of aromatic amines is 1. The van der Waals surface area contributed by atoms with E-state index in [9.17, 15) is 33.6 Å². The first-order valence-corrected chi connectivity index (χ1v) is 8.69. The first-order valence-electron chi connectivity index (χ1n) is 5.40. The van der Waals surface area contributed by atoms with Crippen LogP contribution in [-0.2, 0) is 23.9 Å². The van der Waals surface area contributed by atoms with Gasteiger partial charge in [0, 0.05) is 12.6 Å². The van der Waals surface area contributed by atoms with Gasteiger partial charge >= 0.3 is 27.1 Å². The van der Waals surface area contributed by atoms with Crippen molar-refractivity contribution >= 4 is 27.1 Å².